The number of rotatable bonds is 6. The Morgan fingerprint density at radius 1 is 1.46 bits per heavy atom. The largest absolute Gasteiger partial charge is 0.471 e. The van der Waals surface area contributed by atoms with Crippen LogP contribution in [0.4, 0.5) is 18.0 Å². The summed E-state index contributed by atoms with van der Waals surface area (Å²) in [5.74, 6) is -1.52. The SMILES string of the molecule is COCCNC(=O)N(C)Cc1ccc(-c2noc(C(F)(F)F)n2)s1. The second kappa shape index (κ2) is 7.62. The third kappa shape index (κ3) is 4.68. The molecule has 24 heavy (non-hydrogen) atoms. The van der Waals surface area contributed by atoms with E-state index in [0.717, 1.165) is 4.88 Å². The van der Waals surface area contributed by atoms with Crippen LogP contribution in [-0.4, -0.2) is 48.4 Å². The minimum Gasteiger partial charge on any atom is -0.383 e. The Hall–Kier alpha value is -2.14. The fraction of sp³-hybridized carbons (Fsp3) is 0.462. The van der Waals surface area contributed by atoms with E-state index in [9.17, 15) is 18.0 Å². The summed E-state index contributed by atoms with van der Waals surface area (Å²) in [4.78, 5) is 17.8. The molecule has 0 atom stereocenters. The molecule has 0 saturated carbocycles. The number of hydrogen-bond donors (Lipinski definition) is 1. The molecule has 1 N–H and O–H groups in total. The number of alkyl halides is 3. The summed E-state index contributed by atoms with van der Waals surface area (Å²) < 4.78 is 46.4. The number of carbonyl (C=O) groups is 1. The van der Waals surface area contributed by atoms with Crippen LogP contribution in [0.3, 0.4) is 0 Å². The fourth-order valence-corrected chi connectivity index (χ4v) is 2.71. The topological polar surface area (TPSA) is 80.5 Å². The molecule has 7 nitrogen and oxygen atoms in total. The summed E-state index contributed by atoms with van der Waals surface area (Å²) >= 11 is 1.19. The Balaban J connectivity index is 1.98. The van der Waals surface area contributed by atoms with Gasteiger partial charge in [-0.25, -0.2) is 4.79 Å². The molecule has 2 aromatic heterocycles. The number of nitrogens with zero attached hydrogens (tertiary/aromatic N) is 3. The maximum absolute atomic E-state index is 12.5. The van der Waals surface area contributed by atoms with E-state index >= 15 is 0 Å². The number of methoxy groups -OCH3 is 1. The number of aromatic nitrogens is 2. The maximum Gasteiger partial charge on any atom is 0.471 e. The quantitative estimate of drug-likeness (QED) is 0.797. The third-order valence-corrected chi connectivity index (χ3v) is 3.94. The summed E-state index contributed by atoms with van der Waals surface area (Å²) in [5.41, 5.74) is 0. The summed E-state index contributed by atoms with van der Waals surface area (Å²) in [7, 11) is 3.14. The predicted octanol–water partition coefficient (Wildman–Crippen LogP) is 2.60. The van der Waals surface area contributed by atoms with Crippen LogP contribution in [0.1, 0.15) is 10.8 Å². The van der Waals surface area contributed by atoms with Crippen molar-refractivity contribution in [2.45, 2.75) is 12.7 Å². The Kier molecular flexibility index (Phi) is 5.78. The van der Waals surface area contributed by atoms with Gasteiger partial charge >= 0.3 is 18.1 Å². The van der Waals surface area contributed by atoms with Crippen LogP contribution in [0.15, 0.2) is 16.7 Å². The zero-order valence-corrected chi connectivity index (χ0v) is 13.7. The standard InChI is InChI=1S/C13H15F3N4O3S/c1-20(12(21)17-5-6-22-2)7-8-3-4-9(24-8)10-18-11(23-19-10)13(14,15)16/h3-4H,5-7H2,1-2H3,(H,17,21). The van der Waals surface area contributed by atoms with Crippen LogP contribution < -0.4 is 5.32 Å². The van der Waals surface area contributed by atoms with E-state index in [1.165, 1.54) is 23.3 Å². The van der Waals surface area contributed by atoms with Crippen LogP contribution in [0, 0.1) is 0 Å². The molecular formula is C13H15F3N4O3S. The first kappa shape index (κ1) is 18.2. The Bertz CT molecular complexity index is 686. The lowest BCUT2D eigenvalue weighted by Crippen LogP contribution is -2.38. The van der Waals surface area contributed by atoms with Crippen molar-refractivity contribution in [3.8, 4) is 10.7 Å². The normalized spacial score (nSPS) is 11.5. The summed E-state index contributed by atoms with van der Waals surface area (Å²) in [6.45, 7) is 1.09. The van der Waals surface area contributed by atoms with Crippen molar-refractivity contribution in [2.75, 3.05) is 27.3 Å². The zero-order valence-electron chi connectivity index (χ0n) is 12.9. The Labute approximate surface area is 139 Å². The molecule has 2 aromatic rings. The second-order valence-electron chi connectivity index (χ2n) is 4.77. The fourth-order valence-electron chi connectivity index (χ4n) is 1.72. The summed E-state index contributed by atoms with van der Waals surface area (Å²) in [6, 6.07) is 3.01. The van der Waals surface area contributed by atoms with E-state index in [2.05, 4.69) is 20.0 Å². The lowest BCUT2D eigenvalue weighted by molar-refractivity contribution is -0.159. The number of halogens is 3. The highest BCUT2D eigenvalue weighted by Gasteiger charge is 2.38. The van der Waals surface area contributed by atoms with Crippen LogP contribution in [-0.2, 0) is 17.5 Å². The number of carbonyl (C=O) groups excluding carboxylic acids is 1. The number of nitrogens with one attached hydrogen (secondary N) is 1. The number of hydrogen-bond acceptors (Lipinski definition) is 6. The van der Waals surface area contributed by atoms with Gasteiger partial charge in [-0.3, -0.25) is 0 Å². The highest BCUT2D eigenvalue weighted by atomic mass is 32.1. The van der Waals surface area contributed by atoms with Gasteiger partial charge in [-0.1, -0.05) is 5.16 Å². The van der Waals surface area contributed by atoms with Crippen molar-refractivity contribution in [1.82, 2.24) is 20.4 Å². The number of ether oxygens (including phenoxy) is 1. The van der Waals surface area contributed by atoms with Crippen molar-refractivity contribution < 1.29 is 27.2 Å². The molecule has 0 spiro atoms. The molecule has 0 aliphatic carbocycles. The number of thiophene rings is 1. The van der Waals surface area contributed by atoms with Crippen molar-refractivity contribution in [2.24, 2.45) is 0 Å². The Morgan fingerprint density at radius 3 is 2.83 bits per heavy atom. The van der Waals surface area contributed by atoms with Gasteiger partial charge in [0.05, 0.1) is 18.0 Å². The van der Waals surface area contributed by atoms with Gasteiger partial charge in [0.2, 0.25) is 5.82 Å². The minimum atomic E-state index is -4.67. The molecule has 0 radical (unpaired) electrons. The highest BCUT2D eigenvalue weighted by Crippen LogP contribution is 2.31. The van der Waals surface area contributed by atoms with Gasteiger partial charge in [-0.05, 0) is 12.1 Å². The van der Waals surface area contributed by atoms with Gasteiger partial charge in [0.15, 0.2) is 0 Å². The number of amides is 2. The molecule has 0 bridgehead atoms. The first-order chi connectivity index (χ1) is 11.3. The van der Waals surface area contributed by atoms with Gasteiger partial charge in [0.1, 0.15) is 0 Å². The molecule has 0 fully saturated rings. The van der Waals surface area contributed by atoms with E-state index in [-0.39, 0.29) is 11.9 Å². The molecular weight excluding hydrogens is 349 g/mol. The average Bonchev–Trinajstić information content (AvgIpc) is 3.15. The lowest BCUT2D eigenvalue weighted by Gasteiger charge is -2.16. The molecule has 0 unspecified atom stereocenters. The maximum atomic E-state index is 12.5. The Morgan fingerprint density at radius 2 is 2.21 bits per heavy atom. The predicted molar refractivity (Wildman–Crippen MR) is 79.4 cm³/mol. The third-order valence-electron chi connectivity index (χ3n) is 2.87. The first-order valence-electron chi connectivity index (χ1n) is 6.79. The van der Waals surface area contributed by atoms with Gasteiger partial charge in [0.25, 0.3) is 0 Å². The van der Waals surface area contributed by atoms with Crippen molar-refractivity contribution in [1.29, 1.82) is 0 Å². The molecule has 0 aromatic carbocycles. The van der Waals surface area contributed by atoms with Gasteiger partial charge < -0.3 is 19.5 Å². The molecule has 0 aliphatic heterocycles. The molecule has 0 aliphatic rings. The van der Waals surface area contributed by atoms with Gasteiger partial charge in [-0.15, -0.1) is 11.3 Å². The first-order valence-corrected chi connectivity index (χ1v) is 7.61. The van der Waals surface area contributed by atoms with Crippen molar-refractivity contribution in [3.63, 3.8) is 0 Å². The van der Waals surface area contributed by atoms with Crippen LogP contribution in [0.5, 0.6) is 0 Å². The second-order valence-corrected chi connectivity index (χ2v) is 5.94. The van der Waals surface area contributed by atoms with E-state index in [4.69, 9.17) is 4.74 Å². The van der Waals surface area contributed by atoms with E-state index in [1.807, 2.05) is 0 Å². The van der Waals surface area contributed by atoms with Crippen molar-refractivity contribution >= 4 is 17.4 Å². The molecule has 2 heterocycles. The highest BCUT2D eigenvalue weighted by molar-refractivity contribution is 7.15. The molecule has 0 saturated heterocycles. The van der Waals surface area contributed by atoms with Crippen LogP contribution in [0.25, 0.3) is 10.7 Å². The smallest absolute Gasteiger partial charge is 0.383 e. The van der Waals surface area contributed by atoms with E-state index < -0.39 is 12.1 Å². The van der Waals surface area contributed by atoms with E-state index in [1.54, 1.807) is 19.2 Å². The molecule has 132 valence electrons. The average molecular weight is 364 g/mol. The molecule has 2 rings (SSSR count). The summed E-state index contributed by atoms with van der Waals surface area (Å²) in [5, 5.41) is 5.99. The molecule has 11 heteroatoms. The number of urea groups is 1. The van der Waals surface area contributed by atoms with Gasteiger partial charge in [-0.2, -0.15) is 18.2 Å². The van der Waals surface area contributed by atoms with E-state index in [0.29, 0.717) is 24.6 Å². The monoisotopic (exact) mass is 364 g/mol. The van der Waals surface area contributed by atoms with Gasteiger partial charge in [0, 0.05) is 25.6 Å². The van der Waals surface area contributed by atoms with Crippen LogP contribution >= 0.6 is 11.3 Å². The summed E-state index contributed by atoms with van der Waals surface area (Å²) in [6.07, 6.45) is -4.67. The minimum absolute atomic E-state index is 0.134. The van der Waals surface area contributed by atoms with Crippen molar-refractivity contribution in [3.05, 3.63) is 22.9 Å². The lowest BCUT2D eigenvalue weighted by atomic mass is 10.4. The zero-order chi connectivity index (χ0) is 17.7. The molecule has 2 amide bonds. The van der Waals surface area contributed by atoms with Crippen LogP contribution in [0.2, 0.25) is 0 Å².